The van der Waals surface area contributed by atoms with Gasteiger partial charge in [0.15, 0.2) is 16.8 Å². The van der Waals surface area contributed by atoms with Crippen LogP contribution in [0.15, 0.2) is 53.5 Å². The normalized spacial score (nSPS) is 13.0. The Balaban J connectivity index is 1.65. The molecule has 0 aliphatic rings. The molecule has 0 saturated heterocycles. The van der Waals surface area contributed by atoms with Crippen molar-refractivity contribution in [1.82, 2.24) is 15.6 Å². The Labute approximate surface area is 284 Å². The fourth-order valence-electron chi connectivity index (χ4n) is 5.35. The number of amides is 2. The summed E-state index contributed by atoms with van der Waals surface area (Å²) in [5, 5.41) is 15.0. The number of aliphatic hydroxyl groups is 1. The SMILES string of the molecule is CC(=O)N[C@@H](CO)C(=O)CCc1ccc(CC(=O)C[C@@H](CC(C)C)C(=O)N[C@@H](CCCN=C(N)N)C(=O)c2nc3ccccc3s2)cc1. The molecule has 0 spiro atoms. The van der Waals surface area contributed by atoms with Gasteiger partial charge in [-0.2, -0.15) is 0 Å². The Morgan fingerprint density at radius 3 is 2.27 bits per heavy atom. The third kappa shape index (κ3) is 12.3. The molecule has 0 aliphatic carbocycles. The van der Waals surface area contributed by atoms with Crippen molar-refractivity contribution in [2.45, 2.75) is 77.8 Å². The fraction of sp³-hybridized carbons (Fsp3) is 0.457. The topological polar surface area (TPSA) is 207 Å². The summed E-state index contributed by atoms with van der Waals surface area (Å²) < 4.78 is 0.869. The molecule has 3 rings (SSSR count). The number of benzene rings is 2. The molecule has 48 heavy (non-hydrogen) atoms. The number of aryl methyl sites for hydroxylation is 1. The maximum Gasteiger partial charge on any atom is 0.224 e. The van der Waals surface area contributed by atoms with Gasteiger partial charge in [0.2, 0.25) is 17.6 Å². The Hall–Kier alpha value is -4.49. The Kier molecular flexibility index (Phi) is 14.8. The number of carbonyl (C=O) groups is 5. The molecule has 2 amide bonds. The van der Waals surface area contributed by atoms with Crippen LogP contribution >= 0.6 is 11.3 Å². The second-order valence-corrected chi connectivity index (χ2v) is 13.4. The number of fused-ring (bicyclic) bond motifs is 1. The molecular weight excluding hydrogens is 632 g/mol. The number of hydrogen-bond acceptors (Lipinski definition) is 9. The van der Waals surface area contributed by atoms with Crippen LogP contribution in [0.1, 0.15) is 73.8 Å². The maximum absolute atomic E-state index is 13.7. The predicted octanol–water partition coefficient (Wildman–Crippen LogP) is 2.88. The van der Waals surface area contributed by atoms with Gasteiger partial charge in [-0.25, -0.2) is 4.98 Å². The zero-order valence-electron chi connectivity index (χ0n) is 27.7. The van der Waals surface area contributed by atoms with Gasteiger partial charge in [0.25, 0.3) is 0 Å². The molecule has 0 radical (unpaired) electrons. The van der Waals surface area contributed by atoms with E-state index < -0.39 is 24.6 Å². The second kappa shape index (κ2) is 18.7. The van der Waals surface area contributed by atoms with Gasteiger partial charge in [-0.1, -0.05) is 50.2 Å². The summed E-state index contributed by atoms with van der Waals surface area (Å²) in [4.78, 5) is 72.6. The monoisotopic (exact) mass is 678 g/mol. The zero-order chi connectivity index (χ0) is 35.2. The van der Waals surface area contributed by atoms with Crippen molar-refractivity contribution in [3.05, 3.63) is 64.7 Å². The first kappa shape index (κ1) is 38.0. The number of hydrogen-bond donors (Lipinski definition) is 5. The minimum absolute atomic E-state index is 0.0159. The highest BCUT2D eigenvalue weighted by Crippen LogP contribution is 2.24. The number of rotatable bonds is 20. The average molecular weight is 679 g/mol. The smallest absolute Gasteiger partial charge is 0.224 e. The largest absolute Gasteiger partial charge is 0.394 e. The number of aliphatic hydroxyl groups excluding tert-OH is 1. The molecule has 7 N–H and O–H groups in total. The van der Waals surface area contributed by atoms with E-state index in [1.54, 1.807) is 0 Å². The third-order valence-corrected chi connectivity index (χ3v) is 8.77. The maximum atomic E-state index is 13.7. The van der Waals surface area contributed by atoms with E-state index in [0.717, 1.165) is 15.8 Å². The Morgan fingerprint density at radius 2 is 1.65 bits per heavy atom. The van der Waals surface area contributed by atoms with Crippen LogP contribution in [-0.2, 0) is 32.0 Å². The highest BCUT2D eigenvalue weighted by atomic mass is 32.1. The van der Waals surface area contributed by atoms with E-state index in [1.807, 2.05) is 62.4 Å². The number of guanidine groups is 1. The van der Waals surface area contributed by atoms with Gasteiger partial charge in [-0.05, 0) is 54.9 Å². The summed E-state index contributed by atoms with van der Waals surface area (Å²) in [6.07, 6.45) is 1.92. The van der Waals surface area contributed by atoms with Crippen molar-refractivity contribution in [3.63, 3.8) is 0 Å². The van der Waals surface area contributed by atoms with E-state index in [-0.39, 0.29) is 60.3 Å². The first-order valence-electron chi connectivity index (χ1n) is 16.1. The summed E-state index contributed by atoms with van der Waals surface area (Å²) in [5.41, 5.74) is 13.3. The zero-order valence-corrected chi connectivity index (χ0v) is 28.6. The lowest BCUT2D eigenvalue weighted by molar-refractivity contribution is -0.130. The van der Waals surface area contributed by atoms with Crippen LogP contribution in [0.4, 0.5) is 0 Å². The van der Waals surface area contributed by atoms with Crippen LogP contribution in [0.3, 0.4) is 0 Å². The first-order valence-corrected chi connectivity index (χ1v) is 16.9. The van der Waals surface area contributed by atoms with E-state index in [0.29, 0.717) is 42.8 Å². The molecule has 0 unspecified atom stereocenters. The van der Waals surface area contributed by atoms with Crippen molar-refractivity contribution in [2.75, 3.05) is 13.2 Å². The minimum Gasteiger partial charge on any atom is -0.394 e. The number of nitrogens with two attached hydrogens (primary N) is 2. The molecule has 258 valence electrons. The number of Topliss-reactive ketones (excluding diaryl/α,β-unsaturated/α-hetero) is 3. The summed E-state index contributed by atoms with van der Waals surface area (Å²) >= 11 is 1.27. The van der Waals surface area contributed by atoms with Crippen molar-refractivity contribution in [1.29, 1.82) is 0 Å². The first-order chi connectivity index (χ1) is 22.9. The van der Waals surface area contributed by atoms with Gasteiger partial charge in [0.05, 0.1) is 22.9 Å². The number of thiazole rings is 1. The van der Waals surface area contributed by atoms with E-state index in [2.05, 4.69) is 20.6 Å². The molecule has 0 aliphatic heterocycles. The van der Waals surface area contributed by atoms with Gasteiger partial charge in [0.1, 0.15) is 11.8 Å². The third-order valence-electron chi connectivity index (χ3n) is 7.72. The average Bonchev–Trinajstić information content (AvgIpc) is 3.48. The summed E-state index contributed by atoms with van der Waals surface area (Å²) in [7, 11) is 0. The summed E-state index contributed by atoms with van der Waals surface area (Å²) in [6, 6.07) is 13.0. The fourth-order valence-corrected chi connectivity index (χ4v) is 6.31. The van der Waals surface area contributed by atoms with Crippen molar-refractivity contribution in [2.24, 2.45) is 28.3 Å². The van der Waals surface area contributed by atoms with Crippen LogP contribution in [0.2, 0.25) is 0 Å². The Bertz CT molecular complexity index is 1570. The van der Waals surface area contributed by atoms with Crippen LogP contribution in [0.5, 0.6) is 0 Å². The lowest BCUT2D eigenvalue weighted by Crippen LogP contribution is -2.44. The van der Waals surface area contributed by atoms with Crippen LogP contribution in [-0.4, -0.2) is 70.4 Å². The molecule has 3 atom stereocenters. The number of nitrogens with one attached hydrogen (secondary N) is 2. The van der Waals surface area contributed by atoms with E-state index >= 15 is 0 Å². The number of aromatic nitrogens is 1. The molecule has 0 saturated carbocycles. The summed E-state index contributed by atoms with van der Waals surface area (Å²) in [5.74, 6) is -1.97. The molecule has 13 heteroatoms. The highest BCUT2D eigenvalue weighted by Gasteiger charge is 2.29. The number of aliphatic imine (C=N–C) groups is 1. The molecule has 0 fully saturated rings. The molecule has 12 nitrogen and oxygen atoms in total. The lowest BCUT2D eigenvalue weighted by Gasteiger charge is -2.22. The van der Waals surface area contributed by atoms with Gasteiger partial charge in [0, 0.05) is 38.6 Å². The van der Waals surface area contributed by atoms with Gasteiger partial charge < -0.3 is 27.2 Å². The van der Waals surface area contributed by atoms with Gasteiger partial charge in [-0.3, -0.25) is 29.0 Å². The van der Waals surface area contributed by atoms with Crippen molar-refractivity contribution >= 4 is 56.7 Å². The molecule has 3 aromatic rings. The van der Waals surface area contributed by atoms with Crippen molar-refractivity contribution in [3.8, 4) is 0 Å². The van der Waals surface area contributed by atoms with Crippen molar-refractivity contribution < 1.29 is 29.1 Å². The molecular formula is C35H46N6O6S. The highest BCUT2D eigenvalue weighted by molar-refractivity contribution is 7.20. The van der Waals surface area contributed by atoms with E-state index in [4.69, 9.17) is 11.5 Å². The van der Waals surface area contributed by atoms with E-state index in [1.165, 1.54) is 18.3 Å². The van der Waals surface area contributed by atoms with E-state index in [9.17, 15) is 29.1 Å². The number of carbonyl (C=O) groups excluding carboxylic acids is 5. The number of nitrogens with zero attached hydrogens (tertiary/aromatic N) is 2. The second-order valence-electron chi connectivity index (χ2n) is 12.3. The standard InChI is InChI=1S/C35H46N6O6S/c1-21(2)17-25(19-26(44)18-24-12-10-23(11-13-24)14-15-30(45)29(20-42)39-22(3)43)33(47)40-28(8-6-16-38-35(36)37)32(46)34-41-27-7-4-5-9-31(27)48-34/h4-5,7,9-13,21,25,28-29,42H,6,8,14-20H2,1-3H3,(H,39,43)(H,40,47)(H4,36,37,38)/t25-,28+,29+/m1/s1. The lowest BCUT2D eigenvalue weighted by atomic mass is 9.89. The molecule has 0 bridgehead atoms. The molecule has 1 heterocycles. The quantitative estimate of drug-likeness (QED) is 0.0515. The molecule has 1 aromatic heterocycles. The number of ketones is 3. The van der Waals surface area contributed by atoms with Gasteiger partial charge in [-0.15, -0.1) is 11.3 Å². The van der Waals surface area contributed by atoms with Gasteiger partial charge >= 0.3 is 0 Å². The minimum atomic E-state index is -0.930. The Morgan fingerprint density at radius 1 is 0.958 bits per heavy atom. The van der Waals surface area contributed by atoms with Crippen LogP contribution < -0.4 is 22.1 Å². The molecule has 2 aromatic carbocycles. The summed E-state index contributed by atoms with van der Waals surface area (Å²) in [6.45, 7) is 5.08. The number of para-hydroxylation sites is 1. The van der Waals surface area contributed by atoms with Crippen LogP contribution in [0, 0.1) is 11.8 Å². The predicted molar refractivity (Wildman–Crippen MR) is 187 cm³/mol. The van der Waals surface area contributed by atoms with Crippen LogP contribution in [0.25, 0.3) is 10.2 Å².